The zero-order chi connectivity index (χ0) is 14.3. The highest BCUT2D eigenvalue weighted by Crippen LogP contribution is 2.40. The Morgan fingerprint density at radius 1 is 1.25 bits per heavy atom. The van der Waals surface area contributed by atoms with E-state index in [1.54, 1.807) is 16.4 Å². The third kappa shape index (κ3) is 2.54. The summed E-state index contributed by atoms with van der Waals surface area (Å²) in [5.74, 6) is 1.43. The van der Waals surface area contributed by atoms with Crippen molar-refractivity contribution in [2.45, 2.75) is 30.0 Å². The van der Waals surface area contributed by atoms with Crippen molar-refractivity contribution in [1.82, 2.24) is 4.31 Å². The number of alkyl halides is 1. The lowest BCUT2D eigenvalue weighted by molar-refractivity contribution is 0.445. The van der Waals surface area contributed by atoms with Crippen molar-refractivity contribution in [2.24, 2.45) is 11.8 Å². The second-order valence-electron chi connectivity index (χ2n) is 5.67. The van der Waals surface area contributed by atoms with Crippen molar-refractivity contribution in [3.05, 3.63) is 28.2 Å². The molecule has 1 aromatic rings. The van der Waals surface area contributed by atoms with E-state index in [0.29, 0.717) is 40.2 Å². The minimum atomic E-state index is -3.42. The van der Waals surface area contributed by atoms with Crippen LogP contribution in [0.1, 0.15) is 24.8 Å². The van der Waals surface area contributed by atoms with Gasteiger partial charge in [0, 0.05) is 23.4 Å². The number of halogens is 2. The van der Waals surface area contributed by atoms with E-state index in [1.165, 1.54) is 19.3 Å². The fourth-order valence-electron chi connectivity index (χ4n) is 3.36. The van der Waals surface area contributed by atoms with Crippen LogP contribution in [-0.4, -0.2) is 25.8 Å². The molecule has 20 heavy (non-hydrogen) atoms. The third-order valence-corrected chi connectivity index (χ3v) is 7.59. The van der Waals surface area contributed by atoms with Crippen LogP contribution in [0.25, 0.3) is 0 Å². The van der Waals surface area contributed by atoms with Gasteiger partial charge in [-0.05, 0) is 58.3 Å². The van der Waals surface area contributed by atoms with Crippen LogP contribution in [0.3, 0.4) is 0 Å². The van der Waals surface area contributed by atoms with Gasteiger partial charge >= 0.3 is 0 Å². The molecule has 0 N–H and O–H groups in total. The molecule has 0 radical (unpaired) electrons. The van der Waals surface area contributed by atoms with E-state index in [1.807, 2.05) is 6.07 Å². The Labute approximate surface area is 133 Å². The van der Waals surface area contributed by atoms with Gasteiger partial charge in [-0.15, -0.1) is 11.6 Å². The summed E-state index contributed by atoms with van der Waals surface area (Å²) in [5, 5.41) is 0. The molecule has 1 aromatic carbocycles. The van der Waals surface area contributed by atoms with E-state index in [4.69, 9.17) is 11.6 Å². The normalized spacial score (nSPS) is 26.9. The van der Waals surface area contributed by atoms with E-state index >= 15 is 0 Å². The van der Waals surface area contributed by atoms with Gasteiger partial charge in [0.25, 0.3) is 0 Å². The van der Waals surface area contributed by atoms with Crippen LogP contribution < -0.4 is 0 Å². The molecule has 3 nitrogen and oxygen atoms in total. The number of nitrogens with zero attached hydrogens (tertiary/aromatic N) is 1. The molecule has 2 aliphatic rings. The van der Waals surface area contributed by atoms with Crippen LogP contribution in [0.5, 0.6) is 0 Å². The maximum atomic E-state index is 12.8. The Morgan fingerprint density at radius 2 is 1.90 bits per heavy atom. The molecule has 1 saturated heterocycles. The highest BCUT2D eigenvalue weighted by atomic mass is 79.9. The Balaban J connectivity index is 1.92. The minimum Gasteiger partial charge on any atom is -0.207 e. The van der Waals surface area contributed by atoms with Crippen LogP contribution in [0.15, 0.2) is 27.6 Å². The van der Waals surface area contributed by atoms with Crippen molar-refractivity contribution in [3.63, 3.8) is 0 Å². The number of fused-ring (bicyclic) bond motifs is 1. The Hall–Kier alpha value is -0.100. The van der Waals surface area contributed by atoms with Crippen LogP contribution in [-0.2, 0) is 15.9 Å². The maximum Gasteiger partial charge on any atom is 0.244 e. The van der Waals surface area contributed by atoms with Gasteiger partial charge < -0.3 is 0 Å². The predicted octanol–water partition coefficient (Wildman–Crippen LogP) is 3.61. The van der Waals surface area contributed by atoms with Gasteiger partial charge in [-0.25, -0.2) is 8.42 Å². The van der Waals surface area contributed by atoms with Crippen molar-refractivity contribution in [2.75, 3.05) is 13.1 Å². The van der Waals surface area contributed by atoms with Crippen molar-refractivity contribution in [3.8, 4) is 0 Å². The summed E-state index contributed by atoms with van der Waals surface area (Å²) in [6.45, 7) is 1.34. The van der Waals surface area contributed by atoms with Crippen molar-refractivity contribution < 1.29 is 8.42 Å². The number of hydrogen-bond acceptors (Lipinski definition) is 2. The van der Waals surface area contributed by atoms with Gasteiger partial charge in [-0.2, -0.15) is 4.31 Å². The zero-order valence-electron chi connectivity index (χ0n) is 11.1. The van der Waals surface area contributed by atoms with Gasteiger partial charge in [-0.1, -0.05) is 12.5 Å². The lowest BCUT2D eigenvalue weighted by Gasteiger charge is -2.18. The third-order valence-electron chi connectivity index (χ3n) is 4.46. The smallest absolute Gasteiger partial charge is 0.207 e. The topological polar surface area (TPSA) is 37.4 Å². The van der Waals surface area contributed by atoms with E-state index in [0.717, 1.165) is 5.56 Å². The lowest BCUT2D eigenvalue weighted by Crippen LogP contribution is -2.30. The van der Waals surface area contributed by atoms with Crippen LogP contribution in [0.4, 0.5) is 0 Å². The molecule has 0 amide bonds. The van der Waals surface area contributed by atoms with Crippen LogP contribution in [0, 0.1) is 11.8 Å². The number of benzene rings is 1. The molecule has 1 heterocycles. The van der Waals surface area contributed by atoms with Gasteiger partial charge in [0.1, 0.15) is 0 Å². The SMILES string of the molecule is O=S(=O)(c1cc(CCl)ccc1Br)N1CC2CCCC2C1. The molecule has 2 unspecified atom stereocenters. The summed E-state index contributed by atoms with van der Waals surface area (Å²) in [5.41, 5.74) is 0.827. The van der Waals surface area contributed by atoms with Gasteiger partial charge in [0.05, 0.1) is 4.90 Å². The van der Waals surface area contributed by atoms with E-state index in [-0.39, 0.29) is 0 Å². The Bertz CT molecular complexity index is 608. The summed E-state index contributed by atoms with van der Waals surface area (Å²) < 4.78 is 27.9. The monoisotopic (exact) mass is 377 g/mol. The van der Waals surface area contributed by atoms with Gasteiger partial charge in [-0.3, -0.25) is 0 Å². The largest absolute Gasteiger partial charge is 0.244 e. The van der Waals surface area contributed by atoms with E-state index in [2.05, 4.69) is 15.9 Å². The first kappa shape index (κ1) is 14.8. The first-order chi connectivity index (χ1) is 9.52. The predicted molar refractivity (Wildman–Crippen MR) is 83.3 cm³/mol. The van der Waals surface area contributed by atoms with Gasteiger partial charge in [0.15, 0.2) is 0 Å². The van der Waals surface area contributed by atoms with Crippen molar-refractivity contribution >= 4 is 37.6 Å². The lowest BCUT2D eigenvalue weighted by atomic mass is 10.0. The van der Waals surface area contributed by atoms with Gasteiger partial charge in [0.2, 0.25) is 10.0 Å². The van der Waals surface area contributed by atoms with Crippen LogP contribution in [0.2, 0.25) is 0 Å². The molecule has 2 fully saturated rings. The number of rotatable bonds is 3. The molecule has 0 aromatic heterocycles. The average molecular weight is 379 g/mol. The molecule has 1 aliphatic heterocycles. The molecule has 6 heteroatoms. The first-order valence-electron chi connectivity index (χ1n) is 6.87. The van der Waals surface area contributed by atoms with E-state index < -0.39 is 10.0 Å². The molecule has 0 bridgehead atoms. The molecule has 110 valence electrons. The highest BCUT2D eigenvalue weighted by Gasteiger charge is 2.41. The summed E-state index contributed by atoms with van der Waals surface area (Å²) in [6.07, 6.45) is 3.58. The molecular weight excluding hydrogens is 362 g/mol. The molecule has 2 atom stereocenters. The Kier molecular flexibility index (Phi) is 4.15. The first-order valence-corrected chi connectivity index (χ1v) is 9.63. The number of sulfonamides is 1. The van der Waals surface area contributed by atoms with E-state index in [9.17, 15) is 8.42 Å². The summed E-state index contributed by atoms with van der Waals surface area (Å²) in [7, 11) is -3.42. The molecule has 1 aliphatic carbocycles. The standard InChI is InChI=1S/C14H17BrClNO2S/c15-13-5-4-10(7-16)6-14(13)20(18,19)17-8-11-2-1-3-12(11)9-17/h4-6,11-12H,1-3,7-9H2. The highest BCUT2D eigenvalue weighted by molar-refractivity contribution is 9.10. The second kappa shape index (κ2) is 5.59. The molecule has 3 rings (SSSR count). The Morgan fingerprint density at radius 3 is 2.50 bits per heavy atom. The van der Waals surface area contributed by atoms with Crippen LogP contribution >= 0.6 is 27.5 Å². The fourth-order valence-corrected chi connectivity index (χ4v) is 6.05. The summed E-state index contributed by atoms with van der Waals surface area (Å²) in [4.78, 5) is 0.343. The maximum absolute atomic E-state index is 12.8. The average Bonchev–Trinajstić information content (AvgIpc) is 3.00. The minimum absolute atomic E-state index is 0.320. The second-order valence-corrected chi connectivity index (χ2v) is 8.70. The molecule has 0 spiro atoms. The molecule has 1 saturated carbocycles. The molecular formula is C14H17BrClNO2S. The number of hydrogen-bond donors (Lipinski definition) is 0. The van der Waals surface area contributed by atoms with Crippen molar-refractivity contribution in [1.29, 1.82) is 0 Å². The quantitative estimate of drug-likeness (QED) is 0.754. The fraction of sp³-hybridized carbons (Fsp3) is 0.571. The summed E-state index contributed by atoms with van der Waals surface area (Å²) >= 11 is 9.17. The zero-order valence-corrected chi connectivity index (χ0v) is 14.2. The summed E-state index contributed by atoms with van der Waals surface area (Å²) in [6, 6.07) is 5.29.